The summed E-state index contributed by atoms with van der Waals surface area (Å²) in [6.45, 7) is 1.93. The average molecular weight is 184 g/mol. The second kappa shape index (κ2) is 3.30. The van der Waals surface area contributed by atoms with Crippen LogP contribution in [0.3, 0.4) is 0 Å². The van der Waals surface area contributed by atoms with Crippen LogP contribution in [0.4, 0.5) is 0 Å². The minimum absolute atomic E-state index is 0.651. The van der Waals surface area contributed by atoms with E-state index in [1.165, 1.54) is 4.80 Å². The van der Waals surface area contributed by atoms with Gasteiger partial charge in [0.2, 0.25) is 0 Å². The van der Waals surface area contributed by atoms with Gasteiger partial charge in [0.1, 0.15) is 0 Å². The molecule has 0 aliphatic rings. The molecule has 68 valence electrons. The van der Waals surface area contributed by atoms with E-state index in [2.05, 4.69) is 16.3 Å². The van der Waals surface area contributed by atoms with Crippen LogP contribution in [0.1, 0.15) is 11.1 Å². The predicted molar refractivity (Wildman–Crippen MR) is 50.8 cm³/mol. The van der Waals surface area contributed by atoms with Crippen LogP contribution in [0, 0.1) is 18.3 Å². The smallest absolute Gasteiger partial charge is 0.0991 e. The van der Waals surface area contributed by atoms with Gasteiger partial charge in [0.25, 0.3) is 0 Å². The molecule has 0 atom stereocenters. The predicted octanol–water partition coefficient (Wildman–Crippen LogP) is 1.45. The molecule has 0 saturated heterocycles. The first kappa shape index (κ1) is 8.45. The van der Waals surface area contributed by atoms with Crippen LogP contribution in [0.25, 0.3) is 5.69 Å². The van der Waals surface area contributed by atoms with Gasteiger partial charge in [-0.15, -0.1) is 0 Å². The molecule has 0 unspecified atom stereocenters. The summed E-state index contributed by atoms with van der Waals surface area (Å²) in [4.78, 5) is 1.54. The largest absolute Gasteiger partial charge is 0.192 e. The standard InChI is InChI=1S/C10H8N4/c1-8-6-9(7-11)2-3-10(8)14-12-4-5-13-14/h2-6H,1H3. The second-order valence-electron chi connectivity index (χ2n) is 2.93. The molecule has 0 N–H and O–H groups in total. The lowest BCUT2D eigenvalue weighted by atomic mass is 10.1. The van der Waals surface area contributed by atoms with Gasteiger partial charge < -0.3 is 0 Å². The number of rotatable bonds is 1. The number of aryl methyl sites for hydroxylation is 1. The van der Waals surface area contributed by atoms with E-state index in [9.17, 15) is 0 Å². The molecule has 0 aliphatic heterocycles. The van der Waals surface area contributed by atoms with Crippen molar-refractivity contribution in [3.8, 4) is 11.8 Å². The molecule has 0 bridgehead atoms. The fraction of sp³-hybridized carbons (Fsp3) is 0.100. The summed E-state index contributed by atoms with van der Waals surface area (Å²) in [5, 5.41) is 16.7. The van der Waals surface area contributed by atoms with Crippen LogP contribution in [0.5, 0.6) is 0 Å². The van der Waals surface area contributed by atoms with Gasteiger partial charge in [0, 0.05) is 0 Å². The van der Waals surface area contributed by atoms with Crippen molar-refractivity contribution in [3.05, 3.63) is 41.7 Å². The number of nitrogens with zero attached hydrogens (tertiary/aromatic N) is 4. The highest BCUT2D eigenvalue weighted by Crippen LogP contribution is 2.13. The SMILES string of the molecule is Cc1cc(C#N)ccc1-n1nccn1. The summed E-state index contributed by atoms with van der Waals surface area (Å²) >= 11 is 0. The van der Waals surface area contributed by atoms with Crippen molar-refractivity contribution >= 4 is 0 Å². The maximum absolute atomic E-state index is 8.70. The van der Waals surface area contributed by atoms with E-state index >= 15 is 0 Å². The summed E-state index contributed by atoms with van der Waals surface area (Å²) in [5.41, 5.74) is 2.53. The van der Waals surface area contributed by atoms with E-state index in [0.717, 1.165) is 11.3 Å². The Hall–Kier alpha value is -2.15. The van der Waals surface area contributed by atoms with Crippen molar-refractivity contribution in [1.82, 2.24) is 15.0 Å². The molecule has 0 aliphatic carbocycles. The Kier molecular flexibility index (Phi) is 1.99. The van der Waals surface area contributed by atoms with E-state index in [1.54, 1.807) is 18.5 Å². The normalized spacial score (nSPS) is 9.71. The van der Waals surface area contributed by atoms with Gasteiger partial charge in [-0.25, -0.2) is 0 Å². The number of nitriles is 1. The zero-order valence-electron chi connectivity index (χ0n) is 7.68. The fourth-order valence-corrected chi connectivity index (χ4v) is 1.29. The summed E-state index contributed by atoms with van der Waals surface area (Å²) in [5.74, 6) is 0. The Morgan fingerprint density at radius 2 is 2.00 bits per heavy atom. The van der Waals surface area contributed by atoms with Crippen LogP contribution in [-0.2, 0) is 0 Å². The topological polar surface area (TPSA) is 54.5 Å². The molecule has 0 fully saturated rings. The molecule has 0 amide bonds. The summed E-state index contributed by atoms with van der Waals surface area (Å²) in [6, 6.07) is 7.51. The quantitative estimate of drug-likeness (QED) is 0.674. The number of hydrogen-bond acceptors (Lipinski definition) is 3. The van der Waals surface area contributed by atoms with Crippen LogP contribution >= 0.6 is 0 Å². The molecule has 0 radical (unpaired) electrons. The molecular formula is C10H8N4. The molecule has 1 aromatic carbocycles. The zero-order valence-corrected chi connectivity index (χ0v) is 7.68. The molecule has 0 saturated carbocycles. The monoisotopic (exact) mass is 184 g/mol. The molecule has 2 aromatic rings. The number of hydrogen-bond donors (Lipinski definition) is 0. The van der Waals surface area contributed by atoms with Crippen LogP contribution in [-0.4, -0.2) is 15.0 Å². The first-order chi connectivity index (χ1) is 6.81. The van der Waals surface area contributed by atoms with Gasteiger partial charge in [-0.05, 0) is 30.7 Å². The summed E-state index contributed by atoms with van der Waals surface area (Å²) < 4.78 is 0. The summed E-state index contributed by atoms with van der Waals surface area (Å²) in [7, 11) is 0. The van der Waals surface area contributed by atoms with Crippen molar-refractivity contribution in [3.63, 3.8) is 0 Å². The molecule has 1 heterocycles. The second-order valence-corrected chi connectivity index (χ2v) is 2.93. The number of aromatic nitrogens is 3. The third-order valence-electron chi connectivity index (χ3n) is 1.96. The van der Waals surface area contributed by atoms with Gasteiger partial charge >= 0.3 is 0 Å². The first-order valence-corrected chi connectivity index (χ1v) is 4.18. The van der Waals surface area contributed by atoms with E-state index < -0.39 is 0 Å². The highest BCUT2D eigenvalue weighted by Gasteiger charge is 2.02. The Bertz CT molecular complexity index is 479. The Morgan fingerprint density at radius 3 is 2.57 bits per heavy atom. The minimum atomic E-state index is 0.651. The molecule has 4 nitrogen and oxygen atoms in total. The van der Waals surface area contributed by atoms with Gasteiger partial charge in [-0.2, -0.15) is 20.3 Å². The zero-order chi connectivity index (χ0) is 9.97. The number of benzene rings is 1. The van der Waals surface area contributed by atoms with E-state index in [0.29, 0.717) is 5.56 Å². The van der Waals surface area contributed by atoms with Gasteiger partial charge in [0.05, 0.1) is 29.7 Å². The van der Waals surface area contributed by atoms with Crippen molar-refractivity contribution in [2.24, 2.45) is 0 Å². The molecule has 1 aromatic heterocycles. The molecule has 4 heteroatoms. The maximum atomic E-state index is 8.70. The van der Waals surface area contributed by atoms with E-state index in [-0.39, 0.29) is 0 Å². The lowest BCUT2D eigenvalue weighted by Gasteiger charge is -2.03. The lowest BCUT2D eigenvalue weighted by Crippen LogP contribution is -2.00. The van der Waals surface area contributed by atoms with Crippen LogP contribution < -0.4 is 0 Å². The summed E-state index contributed by atoms with van der Waals surface area (Å²) in [6.07, 6.45) is 3.25. The average Bonchev–Trinajstić information content (AvgIpc) is 2.70. The maximum Gasteiger partial charge on any atom is 0.0991 e. The fourth-order valence-electron chi connectivity index (χ4n) is 1.29. The van der Waals surface area contributed by atoms with Crippen molar-refractivity contribution in [1.29, 1.82) is 5.26 Å². The van der Waals surface area contributed by atoms with Crippen molar-refractivity contribution < 1.29 is 0 Å². The molecule has 2 rings (SSSR count). The molecule has 0 spiro atoms. The Balaban J connectivity index is 2.52. The third-order valence-corrected chi connectivity index (χ3v) is 1.96. The van der Waals surface area contributed by atoms with Crippen LogP contribution in [0.2, 0.25) is 0 Å². The van der Waals surface area contributed by atoms with Crippen molar-refractivity contribution in [2.75, 3.05) is 0 Å². The highest BCUT2D eigenvalue weighted by atomic mass is 15.5. The van der Waals surface area contributed by atoms with Gasteiger partial charge in [0.15, 0.2) is 0 Å². The first-order valence-electron chi connectivity index (χ1n) is 4.18. The van der Waals surface area contributed by atoms with Gasteiger partial charge in [-0.3, -0.25) is 0 Å². The van der Waals surface area contributed by atoms with Gasteiger partial charge in [-0.1, -0.05) is 0 Å². The third kappa shape index (κ3) is 1.36. The highest BCUT2D eigenvalue weighted by molar-refractivity contribution is 5.44. The van der Waals surface area contributed by atoms with E-state index in [1.807, 2.05) is 19.1 Å². The Morgan fingerprint density at radius 1 is 1.29 bits per heavy atom. The molecule has 14 heavy (non-hydrogen) atoms. The van der Waals surface area contributed by atoms with Crippen LogP contribution in [0.15, 0.2) is 30.6 Å². The molecular weight excluding hydrogens is 176 g/mol. The minimum Gasteiger partial charge on any atom is -0.192 e. The van der Waals surface area contributed by atoms with Crippen molar-refractivity contribution in [2.45, 2.75) is 6.92 Å². The van der Waals surface area contributed by atoms with E-state index in [4.69, 9.17) is 5.26 Å². The lowest BCUT2D eigenvalue weighted by molar-refractivity contribution is 0.747. The Labute approximate surface area is 81.4 Å².